The molecule has 1 aliphatic rings. The molecule has 0 aromatic carbocycles. The third-order valence-corrected chi connectivity index (χ3v) is 6.41. The van der Waals surface area contributed by atoms with Crippen LogP contribution >= 0.6 is 0 Å². The fourth-order valence-electron chi connectivity index (χ4n) is 2.54. The zero-order chi connectivity index (χ0) is 22.4. The quantitative estimate of drug-likeness (QED) is 0.328. The molecule has 1 saturated heterocycles. The highest BCUT2D eigenvalue weighted by molar-refractivity contribution is 8.13. The molecule has 0 aromatic heterocycles. The topological polar surface area (TPSA) is 91.6 Å². The van der Waals surface area contributed by atoms with Gasteiger partial charge < -0.3 is 13.3 Å². The van der Waals surface area contributed by atoms with Gasteiger partial charge >= 0.3 is 11.0 Å². The van der Waals surface area contributed by atoms with Crippen LogP contribution in [0, 0.1) is 0 Å². The van der Waals surface area contributed by atoms with Gasteiger partial charge in [-0.25, -0.2) is 16.8 Å². The van der Waals surface area contributed by atoms with Gasteiger partial charge in [-0.15, -0.1) is 0 Å². The summed E-state index contributed by atoms with van der Waals surface area (Å²) < 4.78 is 116. The lowest BCUT2D eigenvalue weighted by Crippen LogP contribution is -2.48. The zero-order valence-corrected chi connectivity index (χ0v) is 16.8. The highest BCUT2D eigenvalue weighted by atomic mass is 32.3. The summed E-state index contributed by atoms with van der Waals surface area (Å²) in [7, 11) is -11.7. The van der Waals surface area contributed by atoms with Crippen LogP contribution in [0.3, 0.4) is 0 Å². The van der Waals surface area contributed by atoms with Gasteiger partial charge in [0.15, 0.2) is 20.0 Å². The minimum Gasteiger partial charge on any atom is -0.421 e. The van der Waals surface area contributed by atoms with Gasteiger partial charge in [0.25, 0.3) is 0 Å². The number of quaternary nitrogens is 1. The van der Waals surface area contributed by atoms with Crippen LogP contribution in [0.5, 0.6) is 0 Å². The SMILES string of the molecule is C=C(C)C[N+]1(CCOC)CCCC1.O=S(=O)([N-]S(=O)(=O)C(F)(F)F)C(F)(F)F. The molecule has 1 fully saturated rings. The van der Waals surface area contributed by atoms with E-state index in [-0.39, 0.29) is 0 Å². The first-order chi connectivity index (χ1) is 12.4. The first kappa shape index (κ1) is 27.1. The number of halogens is 6. The molecule has 0 atom stereocenters. The second kappa shape index (κ2) is 9.73. The zero-order valence-electron chi connectivity index (χ0n) is 15.2. The molecule has 0 aliphatic carbocycles. The molecule has 0 spiro atoms. The number of sulfonamides is 2. The van der Waals surface area contributed by atoms with Crippen LogP contribution in [-0.2, 0) is 24.8 Å². The molecule has 7 nitrogen and oxygen atoms in total. The lowest BCUT2D eigenvalue weighted by molar-refractivity contribution is -0.912. The molecule has 1 aliphatic heterocycles. The Morgan fingerprint density at radius 1 is 1.00 bits per heavy atom. The van der Waals surface area contributed by atoms with Gasteiger partial charge in [-0.2, -0.15) is 26.3 Å². The molecule has 15 heteroatoms. The van der Waals surface area contributed by atoms with Crippen molar-refractivity contribution >= 4 is 20.0 Å². The number of nitrogens with zero attached hydrogens (tertiary/aromatic N) is 2. The van der Waals surface area contributed by atoms with Crippen LogP contribution in [0.15, 0.2) is 12.2 Å². The highest BCUT2D eigenvalue weighted by Gasteiger charge is 2.46. The van der Waals surface area contributed by atoms with Crippen molar-refractivity contribution < 1.29 is 52.4 Å². The van der Waals surface area contributed by atoms with Crippen LogP contribution in [0.25, 0.3) is 4.13 Å². The normalized spacial score (nSPS) is 17.7. The van der Waals surface area contributed by atoms with Crippen molar-refractivity contribution in [2.45, 2.75) is 30.8 Å². The molecule has 0 N–H and O–H groups in total. The van der Waals surface area contributed by atoms with Crippen LogP contribution in [0.2, 0.25) is 0 Å². The molecule has 0 amide bonds. The van der Waals surface area contributed by atoms with Gasteiger partial charge in [0.2, 0.25) is 0 Å². The van der Waals surface area contributed by atoms with Crippen LogP contribution in [0.4, 0.5) is 26.3 Å². The number of hydrogen-bond donors (Lipinski definition) is 0. The number of hydrogen-bond acceptors (Lipinski definition) is 5. The Hall–Kier alpha value is -0.900. The maximum atomic E-state index is 11.4. The van der Waals surface area contributed by atoms with E-state index in [1.165, 1.54) is 36.0 Å². The van der Waals surface area contributed by atoms with E-state index in [9.17, 15) is 43.2 Å². The molecule has 0 unspecified atom stereocenters. The number of likely N-dealkylation sites (tertiary alicyclic amines) is 1. The highest BCUT2D eigenvalue weighted by Crippen LogP contribution is 2.36. The van der Waals surface area contributed by atoms with E-state index >= 15 is 0 Å². The van der Waals surface area contributed by atoms with E-state index in [1.54, 1.807) is 7.11 Å². The Labute approximate surface area is 160 Å². The summed E-state index contributed by atoms with van der Waals surface area (Å²) in [5, 5.41) is 0. The van der Waals surface area contributed by atoms with Crippen molar-refractivity contribution in [3.8, 4) is 0 Å². The van der Waals surface area contributed by atoms with Gasteiger partial charge in [0.05, 0.1) is 26.2 Å². The summed E-state index contributed by atoms with van der Waals surface area (Å²) >= 11 is 0. The Morgan fingerprint density at radius 3 is 1.68 bits per heavy atom. The maximum Gasteiger partial charge on any atom is 0.480 e. The fourth-order valence-corrected chi connectivity index (χ4v) is 4.25. The number of alkyl halides is 6. The minimum absolute atomic E-state index is 0.778. The van der Waals surface area contributed by atoms with Crippen molar-refractivity contribution in [3.05, 3.63) is 16.3 Å². The Morgan fingerprint density at radius 2 is 1.39 bits per heavy atom. The van der Waals surface area contributed by atoms with Crippen LogP contribution in [0.1, 0.15) is 19.8 Å². The molecule has 0 saturated carbocycles. The average molecular weight is 464 g/mol. The van der Waals surface area contributed by atoms with Gasteiger partial charge in [-0.05, 0) is 12.5 Å². The second-order valence-corrected chi connectivity index (χ2v) is 9.67. The first-order valence-electron chi connectivity index (χ1n) is 7.74. The molecule has 0 bridgehead atoms. The summed E-state index contributed by atoms with van der Waals surface area (Å²) in [6, 6.07) is 0. The lowest BCUT2D eigenvalue weighted by Gasteiger charge is -2.34. The molecule has 0 radical (unpaired) electrons. The summed E-state index contributed by atoms with van der Waals surface area (Å²) in [6.07, 6.45) is 2.74. The predicted molar refractivity (Wildman–Crippen MR) is 89.0 cm³/mol. The van der Waals surface area contributed by atoms with Crippen molar-refractivity contribution in [2.24, 2.45) is 0 Å². The molecule has 168 valence electrons. The third kappa shape index (κ3) is 8.23. The molecule has 1 heterocycles. The Balaban J connectivity index is 0.000000525. The van der Waals surface area contributed by atoms with E-state index in [2.05, 4.69) is 13.5 Å². The van der Waals surface area contributed by atoms with Gasteiger partial charge in [0, 0.05) is 20.0 Å². The first-order valence-corrected chi connectivity index (χ1v) is 10.6. The molecular formula is C13H22F6N2O5S2. The summed E-state index contributed by atoms with van der Waals surface area (Å²) in [6.45, 7) is 12.0. The second-order valence-electron chi connectivity index (χ2n) is 6.24. The summed E-state index contributed by atoms with van der Waals surface area (Å²) in [5.41, 5.74) is -11.1. The Kier molecular flexibility index (Phi) is 9.42. The van der Waals surface area contributed by atoms with Crippen LogP contribution < -0.4 is 0 Å². The van der Waals surface area contributed by atoms with E-state index in [4.69, 9.17) is 4.74 Å². The van der Waals surface area contributed by atoms with E-state index in [0.717, 1.165) is 23.8 Å². The predicted octanol–water partition coefficient (Wildman–Crippen LogP) is 2.88. The van der Waals surface area contributed by atoms with Gasteiger partial charge in [0.1, 0.15) is 6.54 Å². The lowest BCUT2D eigenvalue weighted by atomic mass is 10.2. The summed E-state index contributed by atoms with van der Waals surface area (Å²) in [4.78, 5) is 0. The summed E-state index contributed by atoms with van der Waals surface area (Å²) in [5.74, 6) is 0. The van der Waals surface area contributed by atoms with E-state index in [1.807, 2.05) is 0 Å². The number of methoxy groups -OCH3 is 1. The minimum atomic E-state index is -6.72. The smallest absolute Gasteiger partial charge is 0.421 e. The average Bonchev–Trinajstić information content (AvgIpc) is 2.90. The van der Waals surface area contributed by atoms with Gasteiger partial charge in [-0.1, -0.05) is 6.58 Å². The fraction of sp³-hybridized carbons (Fsp3) is 0.846. The third-order valence-electron chi connectivity index (χ3n) is 3.67. The monoisotopic (exact) mass is 464 g/mol. The van der Waals surface area contributed by atoms with Crippen molar-refractivity contribution in [1.82, 2.24) is 0 Å². The largest absolute Gasteiger partial charge is 0.480 e. The number of ether oxygens (including phenoxy) is 1. The number of rotatable bonds is 7. The van der Waals surface area contributed by atoms with Crippen molar-refractivity contribution in [2.75, 3.05) is 39.9 Å². The molecular weight excluding hydrogens is 442 g/mol. The van der Waals surface area contributed by atoms with Crippen molar-refractivity contribution in [1.29, 1.82) is 0 Å². The standard InChI is InChI=1S/C11H22NO.C2F6NO4S2/c1-11(2)10-12(8-9-13-3)6-4-5-7-12;3-1(4,5)14(10,11)9-15(12,13)2(6,7)8/h1,4-10H2,2-3H3;/q+1;-1. The molecule has 28 heavy (non-hydrogen) atoms. The maximum absolute atomic E-state index is 11.4. The van der Waals surface area contributed by atoms with Crippen LogP contribution in [-0.4, -0.2) is 72.2 Å². The van der Waals surface area contributed by atoms with E-state index < -0.39 is 31.1 Å². The van der Waals surface area contributed by atoms with Crippen molar-refractivity contribution in [3.63, 3.8) is 0 Å². The van der Waals surface area contributed by atoms with Gasteiger partial charge in [-0.3, -0.25) is 0 Å². The molecule has 0 aromatic rings. The molecule has 1 rings (SSSR count). The Bertz CT molecular complexity index is 683. The van der Waals surface area contributed by atoms with E-state index in [0.29, 0.717) is 0 Å².